The third-order valence-electron chi connectivity index (χ3n) is 3.88. The summed E-state index contributed by atoms with van der Waals surface area (Å²) in [6.45, 7) is 2.69. The molecule has 2 aromatic rings. The van der Waals surface area contributed by atoms with E-state index in [0.717, 1.165) is 28.6 Å². The quantitative estimate of drug-likeness (QED) is 0.653. The van der Waals surface area contributed by atoms with Crippen LogP contribution in [0.1, 0.15) is 22.8 Å². The Balaban J connectivity index is 2.61. The van der Waals surface area contributed by atoms with Crippen molar-refractivity contribution in [1.29, 1.82) is 0 Å². The first-order valence-corrected chi connectivity index (χ1v) is 9.77. The van der Waals surface area contributed by atoms with Crippen molar-refractivity contribution in [2.75, 3.05) is 24.6 Å². The van der Waals surface area contributed by atoms with E-state index in [1.807, 2.05) is 0 Å². The van der Waals surface area contributed by atoms with E-state index in [4.69, 9.17) is 4.74 Å². The lowest BCUT2D eigenvalue weighted by molar-refractivity contribution is -0.141. The zero-order chi connectivity index (χ0) is 20.9. The number of rotatable bonds is 7. The van der Waals surface area contributed by atoms with E-state index in [9.17, 15) is 22.4 Å². The average molecular weight is 409 g/mol. The van der Waals surface area contributed by atoms with Gasteiger partial charge in [-0.1, -0.05) is 6.07 Å². The molecule has 9 heteroatoms. The Morgan fingerprint density at radius 3 is 2.32 bits per heavy atom. The molecule has 0 aromatic heterocycles. The number of sulfonamides is 1. The van der Waals surface area contributed by atoms with Gasteiger partial charge in [-0.25, -0.2) is 17.6 Å². The summed E-state index contributed by atoms with van der Waals surface area (Å²) < 4.78 is 49.9. The van der Waals surface area contributed by atoms with E-state index in [2.05, 4.69) is 4.74 Å². The zero-order valence-electron chi connectivity index (χ0n) is 15.6. The second-order valence-corrected chi connectivity index (χ2v) is 7.63. The van der Waals surface area contributed by atoms with E-state index >= 15 is 0 Å². The van der Waals surface area contributed by atoms with Gasteiger partial charge >= 0.3 is 11.9 Å². The lowest BCUT2D eigenvalue weighted by Crippen LogP contribution is -2.37. The maximum absolute atomic E-state index is 13.2. The lowest BCUT2D eigenvalue weighted by atomic mass is 10.1. The number of aryl methyl sites for hydroxylation is 1. The first-order chi connectivity index (χ1) is 13.2. The number of benzene rings is 2. The summed E-state index contributed by atoms with van der Waals surface area (Å²) >= 11 is 0. The highest BCUT2D eigenvalue weighted by Gasteiger charge is 2.29. The molecule has 0 radical (unpaired) electrons. The van der Waals surface area contributed by atoms with Crippen molar-refractivity contribution in [2.24, 2.45) is 0 Å². The number of halogens is 1. The molecule has 0 fully saturated rings. The van der Waals surface area contributed by atoms with Crippen molar-refractivity contribution in [3.63, 3.8) is 0 Å². The molecule has 0 aliphatic carbocycles. The molecule has 0 aliphatic heterocycles. The van der Waals surface area contributed by atoms with Crippen molar-refractivity contribution in [1.82, 2.24) is 0 Å². The van der Waals surface area contributed by atoms with Crippen LogP contribution in [0, 0.1) is 12.7 Å². The molecule has 0 saturated carbocycles. The third-order valence-corrected chi connectivity index (χ3v) is 5.65. The standard InChI is InChI=1S/C19H20FNO6S/c1-4-27-18(22)12-21(28(24,25)16-9-7-15(20)8-10-16)17-11-14(19(23)26-3)6-5-13(17)2/h5-11H,4,12H2,1-3H3. The van der Waals surface area contributed by atoms with Crippen LogP contribution in [0.2, 0.25) is 0 Å². The second-order valence-electron chi connectivity index (χ2n) is 5.76. The van der Waals surface area contributed by atoms with Gasteiger partial charge in [-0.2, -0.15) is 0 Å². The molecule has 28 heavy (non-hydrogen) atoms. The number of anilines is 1. The normalized spacial score (nSPS) is 11.0. The number of carbonyl (C=O) groups excluding carboxylic acids is 2. The van der Waals surface area contributed by atoms with Gasteiger partial charge in [0.2, 0.25) is 0 Å². The Bertz CT molecular complexity index is 972. The topological polar surface area (TPSA) is 90.0 Å². The predicted molar refractivity (Wildman–Crippen MR) is 100 cm³/mol. The van der Waals surface area contributed by atoms with Crippen molar-refractivity contribution < 1.29 is 31.9 Å². The summed E-state index contributed by atoms with van der Waals surface area (Å²) in [6, 6.07) is 8.56. The molecule has 0 heterocycles. The van der Waals surface area contributed by atoms with Crippen LogP contribution in [-0.2, 0) is 24.3 Å². The highest BCUT2D eigenvalue weighted by molar-refractivity contribution is 7.92. The SMILES string of the molecule is CCOC(=O)CN(c1cc(C(=O)OC)ccc1C)S(=O)(=O)c1ccc(F)cc1. The number of nitrogens with zero attached hydrogens (tertiary/aromatic N) is 1. The molecule has 0 spiro atoms. The predicted octanol–water partition coefficient (Wildman–Crippen LogP) is 2.68. The maximum atomic E-state index is 13.2. The highest BCUT2D eigenvalue weighted by Crippen LogP contribution is 2.28. The first kappa shape index (κ1) is 21.4. The van der Waals surface area contributed by atoms with Crippen LogP contribution in [0.4, 0.5) is 10.1 Å². The zero-order valence-corrected chi connectivity index (χ0v) is 16.5. The van der Waals surface area contributed by atoms with E-state index in [0.29, 0.717) is 5.56 Å². The molecular weight excluding hydrogens is 389 g/mol. The largest absolute Gasteiger partial charge is 0.465 e. The summed E-state index contributed by atoms with van der Waals surface area (Å²) in [4.78, 5) is 23.7. The van der Waals surface area contributed by atoms with Gasteiger partial charge in [0.15, 0.2) is 0 Å². The molecule has 150 valence electrons. The number of methoxy groups -OCH3 is 1. The maximum Gasteiger partial charge on any atom is 0.337 e. The Morgan fingerprint density at radius 1 is 1.11 bits per heavy atom. The van der Waals surface area contributed by atoms with E-state index in [-0.39, 0.29) is 22.8 Å². The second kappa shape index (κ2) is 8.83. The van der Waals surface area contributed by atoms with Gasteiger partial charge in [-0.3, -0.25) is 9.10 Å². The van der Waals surface area contributed by atoms with Gasteiger partial charge in [-0.15, -0.1) is 0 Å². The van der Waals surface area contributed by atoms with E-state index in [1.54, 1.807) is 19.9 Å². The summed E-state index contributed by atoms with van der Waals surface area (Å²) in [5, 5.41) is 0. The molecule has 0 bridgehead atoms. The van der Waals surface area contributed by atoms with Crippen LogP contribution < -0.4 is 4.31 Å². The monoisotopic (exact) mass is 409 g/mol. The summed E-state index contributed by atoms with van der Waals surface area (Å²) in [6.07, 6.45) is 0. The molecule has 0 N–H and O–H groups in total. The van der Waals surface area contributed by atoms with Crippen molar-refractivity contribution in [3.8, 4) is 0 Å². The summed E-state index contributed by atoms with van der Waals surface area (Å²) in [7, 11) is -3.04. The summed E-state index contributed by atoms with van der Waals surface area (Å²) in [5.74, 6) is -2.02. The number of hydrogen-bond donors (Lipinski definition) is 0. The van der Waals surface area contributed by atoms with Crippen LogP contribution in [-0.4, -0.2) is 40.6 Å². The van der Waals surface area contributed by atoms with Gasteiger partial charge in [0.1, 0.15) is 12.4 Å². The minimum Gasteiger partial charge on any atom is -0.465 e. The smallest absolute Gasteiger partial charge is 0.337 e. The van der Waals surface area contributed by atoms with Gasteiger partial charge in [-0.05, 0) is 55.8 Å². The van der Waals surface area contributed by atoms with Crippen LogP contribution in [0.5, 0.6) is 0 Å². The van der Waals surface area contributed by atoms with Crippen molar-refractivity contribution >= 4 is 27.6 Å². The van der Waals surface area contributed by atoms with Crippen LogP contribution >= 0.6 is 0 Å². The number of ether oxygens (including phenoxy) is 2. The highest BCUT2D eigenvalue weighted by atomic mass is 32.2. The Morgan fingerprint density at radius 2 is 1.75 bits per heavy atom. The molecule has 0 unspecified atom stereocenters. The number of hydrogen-bond acceptors (Lipinski definition) is 6. The van der Waals surface area contributed by atoms with Crippen molar-refractivity contribution in [2.45, 2.75) is 18.7 Å². The fourth-order valence-corrected chi connectivity index (χ4v) is 3.95. The fourth-order valence-electron chi connectivity index (χ4n) is 2.48. The molecule has 2 rings (SSSR count). The molecular formula is C19H20FNO6S. The molecule has 0 aliphatic rings. The minimum atomic E-state index is -4.24. The first-order valence-electron chi connectivity index (χ1n) is 8.33. The van der Waals surface area contributed by atoms with Gasteiger partial charge in [0.05, 0.1) is 29.9 Å². The van der Waals surface area contributed by atoms with E-state index < -0.39 is 34.3 Å². The molecule has 0 atom stereocenters. The Hall–Kier alpha value is -2.94. The average Bonchev–Trinajstić information content (AvgIpc) is 2.66. The minimum absolute atomic E-state index is 0.0739. The van der Waals surface area contributed by atoms with Crippen LogP contribution in [0.25, 0.3) is 0 Å². The Kier molecular flexibility index (Phi) is 6.74. The van der Waals surface area contributed by atoms with Crippen LogP contribution in [0.15, 0.2) is 47.4 Å². The van der Waals surface area contributed by atoms with Gasteiger partial charge in [0.25, 0.3) is 10.0 Å². The van der Waals surface area contributed by atoms with Gasteiger partial charge in [0, 0.05) is 0 Å². The molecule has 2 aromatic carbocycles. The van der Waals surface area contributed by atoms with Gasteiger partial charge < -0.3 is 9.47 Å². The summed E-state index contributed by atoms with van der Waals surface area (Å²) in [5.41, 5.74) is 0.731. The molecule has 0 amide bonds. The van der Waals surface area contributed by atoms with Crippen LogP contribution in [0.3, 0.4) is 0 Å². The molecule has 7 nitrogen and oxygen atoms in total. The fraction of sp³-hybridized carbons (Fsp3) is 0.263. The lowest BCUT2D eigenvalue weighted by Gasteiger charge is -2.25. The Labute approximate surface area is 162 Å². The number of carbonyl (C=O) groups is 2. The van der Waals surface area contributed by atoms with E-state index in [1.165, 1.54) is 19.2 Å². The number of esters is 2. The molecule has 0 saturated heterocycles. The van der Waals surface area contributed by atoms with Crippen molar-refractivity contribution in [3.05, 3.63) is 59.4 Å². The third kappa shape index (κ3) is 4.66.